The van der Waals surface area contributed by atoms with Crippen molar-refractivity contribution in [1.29, 1.82) is 0 Å². The molecule has 0 radical (unpaired) electrons. The summed E-state index contributed by atoms with van der Waals surface area (Å²) < 4.78 is 0. The van der Waals surface area contributed by atoms with E-state index in [2.05, 4.69) is 32.6 Å². The number of nitrogens with one attached hydrogen (secondary N) is 3. The molecule has 2 aromatic rings. The van der Waals surface area contributed by atoms with Crippen molar-refractivity contribution in [3.8, 4) is 11.8 Å². The van der Waals surface area contributed by atoms with E-state index in [9.17, 15) is 4.79 Å². The highest BCUT2D eigenvalue weighted by atomic mass is 16.1. The fraction of sp³-hybridized carbons (Fsp3) is 0.182. The second-order valence-corrected chi connectivity index (χ2v) is 6.97. The van der Waals surface area contributed by atoms with Crippen molar-refractivity contribution in [2.45, 2.75) is 19.4 Å². The van der Waals surface area contributed by atoms with Gasteiger partial charge >= 0.3 is 0 Å². The fourth-order valence-electron chi connectivity index (χ4n) is 3.29. The Bertz CT molecular complexity index is 1130. The summed E-state index contributed by atoms with van der Waals surface area (Å²) in [5.74, 6) is 7.05. The van der Waals surface area contributed by atoms with E-state index in [0.717, 1.165) is 40.9 Å². The van der Waals surface area contributed by atoms with Gasteiger partial charge in [0.1, 0.15) is 0 Å². The Labute approximate surface area is 162 Å². The normalized spacial score (nSPS) is 16.8. The van der Waals surface area contributed by atoms with Gasteiger partial charge in [-0.25, -0.2) is 5.43 Å². The summed E-state index contributed by atoms with van der Waals surface area (Å²) in [5.41, 5.74) is 8.20. The van der Waals surface area contributed by atoms with Gasteiger partial charge in [-0.15, -0.1) is 0 Å². The molecule has 1 fully saturated rings. The lowest BCUT2D eigenvalue weighted by molar-refractivity contribution is 0.682. The van der Waals surface area contributed by atoms with Crippen molar-refractivity contribution >= 4 is 11.3 Å². The molecule has 0 amide bonds. The number of hydrazine groups is 1. The highest BCUT2D eigenvalue weighted by Gasteiger charge is 2.28. The number of pyridine rings is 2. The van der Waals surface area contributed by atoms with Crippen LogP contribution in [0.15, 0.2) is 65.6 Å². The molecule has 1 aliphatic carbocycles. The van der Waals surface area contributed by atoms with Gasteiger partial charge < -0.3 is 10.3 Å². The summed E-state index contributed by atoms with van der Waals surface area (Å²) in [6.07, 6.45) is 13.4. The summed E-state index contributed by atoms with van der Waals surface area (Å²) in [5, 5.41) is 4.98. The number of fused-ring (bicyclic) bond motifs is 3. The molecular weight excluding hydrogens is 350 g/mol. The monoisotopic (exact) mass is 369 g/mol. The molecule has 6 nitrogen and oxygen atoms in total. The fourth-order valence-corrected chi connectivity index (χ4v) is 3.29. The predicted molar refractivity (Wildman–Crippen MR) is 109 cm³/mol. The molecule has 28 heavy (non-hydrogen) atoms. The molecule has 0 aromatic carbocycles. The summed E-state index contributed by atoms with van der Waals surface area (Å²) in [6, 6.07) is 5.82. The van der Waals surface area contributed by atoms with E-state index in [4.69, 9.17) is 0 Å². The number of hydrogen-bond acceptors (Lipinski definition) is 5. The third kappa shape index (κ3) is 3.13. The number of hydrogen-bond donors (Lipinski definition) is 3. The quantitative estimate of drug-likeness (QED) is 0.725. The first-order valence-corrected chi connectivity index (χ1v) is 9.35. The number of dihydropyridines is 1. The molecular formula is C22H19N5O. The minimum atomic E-state index is -0.134. The third-order valence-corrected chi connectivity index (χ3v) is 4.89. The summed E-state index contributed by atoms with van der Waals surface area (Å²) in [6.45, 7) is 0.535. The van der Waals surface area contributed by atoms with Crippen LogP contribution in [0, 0.1) is 17.8 Å². The van der Waals surface area contributed by atoms with Crippen LogP contribution in [0.3, 0.4) is 0 Å². The average Bonchev–Trinajstić information content (AvgIpc) is 3.56. The van der Waals surface area contributed by atoms with Crippen molar-refractivity contribution in [2.75, 3.05) is 5.01 Å². The number of aromatic nitrogens is 2. The van der Waals surface area contributed by atoms with E-state index >= 15 is 0 Å². The highest BCUT2D eigenvalue weighted by Crippen LogP contribution is 2.37. The number of rotatable bonds is 3. The molecule has 4 heterocycles. The first-order chi connectivity index (χ1) is 13.8. The van der Waals surface area contributed by atoms with Crippen molar-refractivity contribution in [1.82, 2.24) is 20.7 Å². The number of H-pyrrole nitrogens is 1. The summed E-state index contributed by atoms with van der Waals surface area (Å²) in [7, 11) is 0. The van der Waals surface area contributed by atoms with Crippen LogP contribution in [0.5, 0.6) is 0 Å². The molecule has 0 bridgehead atoms. The van der Waals surface area contributed by atoms with E-state index in [-0.39, 0.29) is 5.56 Å². The maximum absolute atomic E-state index is 12.8. The van der Waals surface area contributed by atoms with Crippen molar-refractivity contribution in [3.05, 3.63) is 88.0 Å². The van der Waals surface area contributed by atoms with Crippen LogP contribution >= 0.6 is 0 Å². The second kappa shape index (κ2) is 6.87. The van der Waals surface area contributed by atoms with Crippen LogP contribution in [-0.4, -0.2) is 9.97 Å². The molecule has 0 unspecified atom stereocenters. The Kier molecular flexibility index (Phi) is 4.08. The first kappa shape index (κ1) is 16.6. The topological polar surface area (TPSA) is 73.1 Å². The Balaban J connectivity index is 1.59. The summed E-state index contributed by atoms with van der Waals surface area (Å²) >= 11 is 0. The Morgan fingerprint density at radius 2 is 2.25 bits per heavy atom. The lowest BCUT2D eigenvalue weighted by Crippen LogP contribution is -2.38. The highest BCUT2D eigenvalue weighted by molar-refractivity contribution is 5.93. The van der Waals surface area contributed by atoms with Gasteiger partial charge in [0, 0.05) is 48.1 Å². The van der Waals surface area contributed by atoms with E-state index in [1.54, 1.807) is 12.4 Å². The first-order valence-electron chi connectivity index (χ1n) is 9.35. The van der Waals surface area contributed by atoms with Crippen LogP contribution in [0.4, 0.5) is 5.69 Å². The van der Waals surface area contributed by atoms with Crippen LogP contribution < -0.4 is 21.3 Å². The number of anilines is 1. The molecule has 3 N–H and O–H groups in total. The van der Waals surface area contributed by atoms with Crippen LogP contribution in [0.2, 0.25) is 0 Å². The van der Waals surface area contributed by atoms with Crippen LogP contribution in [0.25, 0.3) is 5.57 Å². The van der Waals surface area contributed by atoms with Gasteiger partial charge in [-0.3, -0.25) is 14.8 Å². The molecule has 6 heteroatoms. The minimum Gasteiger partial charge on any atom is -0.367 e. The van der Waals surface area contributed by atoms with E-state index in [1.165, 1.54) is 0 Å². The number of aromatic amines is 1. The van der Waals surface area contributed by atoms with Crippen molar-refractivity contribution < 1.29 is 0 Å². The lowest BCUT2D eigenvalue weighted by Gasteiger charge is -2.31. The van der Waals surface area contributed by atoms with Gasteiger partial charge in [0.15, 0.2) is 0 Å². The van der Waals surface area contributed by atoms with Crippen LogP contribution in [0.1, 0.15) is 29.7 Å². The Morgan fingerprint density at radius 3 is 3.07 bits per heavy atom. The smallest absolute Gasteiger partial charge is 0.258 e. The van der Waals surface area contributed by atoms with Gasteiger partial charge in [0.25, 0.3) is 5.56 Å². The Morgan fingerprint density at radius 1 is 1.32 bits per heavy atom. The average molecular weight is 369 g/mol. The van der Waals surface area contributed by atoms with E-state index < -0.39 is 0 Å². The zero-order chi connectivity index (χ0) is 18.9. The van der Waals surface area contributed by atoms with Crippen LogP contribution in [-0.2, 0) is 6.54 Å². The maximum atomic E-state index is 12.8. The summed E-state index contributed by atoms with van der Waals surface area (Å²) in [4.78, 5) is 20.0. The van der Waals surface area contributed by atoms with E-state index in [0.29, 0.717) is 18.0 Å². The van der Waals surface area contributed by atoms with Gasteiger partial charge in [0.05, 0.1) is 29.1 Å². The minimum absolute atomic E-state index is 0.134. The van der Waals surface area contributed by atoms with Gasteiger partial charge in [-0.1, -0.05) is 17.9 Å². The molecule has 2 aromatic heterocycles. The SMILES string of the molecule is O=c1[nH]cc(C#CC2CC2)c2c1C1=CNC=CC1=CN2NCc1ccccn1. The molecule has 3 aliphatic rings. The van der Waals surface area contributed by atoms with Crippen molar-refractivity contribution in [2.24, 2.45) is 5.92 Å². The van der Waals surface area contributed by atoms with Gasteiger partial charge in [0.2, 0.25) is 0 Å². The Hall–Kier alpha value is -3.56. The van der Waals surface area contributed by atoms with Gasteiger partial charge in [-0.05, 0) is 31.1 Å². The molecule has 0 spiro atoms. The zero-order valence-corrected chi connectivity index (χ0v) is 15.2. The molecule has 2 aliphatic heterocycles. The predicted octanol–water partition coefficient (Wildman–Crippen LogP) is 2.40. The second-order valence-electron chi connectivity index (χ2n) is 6.97. The zero-order valence-electron chi connectivity index (χ0n) is 15.2. The molecule has 0 saturated heterocycles. The maximum Gasteiger partial charge on any atom is 0.258 e. The molecule has 5 rings (SSSR count). The largest absolute Gasteiger partial charge is 0.367 e. The lowest BCUT2D eigenvalue weighted by atomic mass is 9.93. The molecule has 1 saturated carbocycles. The number of allylic oxidation sites excluding steroid dienone is 3. The number of nitrogens with zero attached hydrogens (tertiary/aromatic N) is 2. The third-order valence-electron chi connectivity index (χ3n) is 4.89. The van der Waals surface area contributed by atoms with E-state index in [1.807, 2.05) is 47.9 Å². The molecule has 138 valence electrons. The van der Waals surface area contributed by atoms with Crippen molar-refractivity contribution in [3.63, 3.8) is 0 Å². The van der Waals surface area contributed by atoms with Gasteiger partial charge in [-0.2, -0.15) is 0 Å². The molecule has 0 atom stereocenters. The standard InChI is InChI=1S/C22H19N5O/c28-22-20-19-13-23-10-8-17(19)14-27(26-12-18-3-1-2-9-24-18)21(20)16(11-25-22)7-6-15-4-5-15/h1-3,8-11,13-15,23,26H,4-5,12H2,(H,25,28).